The topological polar surface area (TPSA) is 86.8 Å². The molecule has 110 valence electrons. The molecule has 7 nitrogen and oxygen atoms in total. The van der Waals surface area contributed by atoms with E-state index in [2.05, 4.69) is 10.3 Å². The Kier molecular flexibility index (Phi) is 5.45. The zero-order valence-electron chi connectivity index (χ0n) is 11.1. The van der Waals surface area contributed by atoms with Gasteiger partial charge in [0.2, 0.25) is 0 Å². The molecule has 2 rings (SSSR count). The molecule has 20 heavy (non-hydrogen) atoms. The first kappa shape index (κ1) is 14.9. The van der Waals surface area contributed by atoms with E-state index in [1.165, 1.54) is 11.3 Å². The number of anilines is 1. The van der Waals surface area contributed by atoms with Crippen LogP contribution in [0.2, 0.25) is 0 Å². The Balaban J connectivity index is 1.85. The number of esters is 1. The molecule has 0 aromatic carbocycles. The summed E-state index contributed by atoms with van der Waals surface area (Å²) in [7, 11) is 0. The maximum Gasteiger partial charge on any atom is 0.311 e. The van der Waals surface area contributed by atoms with Crippen LogP contribution in [0.25, 0.3) is 0 Å². The minimum Gasteiger partial charge on any atom is -0.466 e. The molecule has 1 aliphatic rings. The molecule has 1 atom stereocenters. The van der Waals surface area contributed by atoms with Crippen molar-refractivity contribution in [1.29, 1.82) is 0 Å². The molecule has 0 spiro atoms. The molecular formula is C12H16N2O5S. The minimum atomic E-state index is -0.610. The van der Waals surface area contributed by atoms with Gasteiger partial charge in [-0.3, -0.25) is 14.9 Å². The summed E-state index contributed by atoms with van der Waals surface area (Å²) >= 11 is 1.25. The average Bonchev–Trinajstić information content (AvgIpc) is 2.87. The molecule has 0 aliphatic carbocycles. The maximum absolute atomic E-state index is 11.9. The van der Waals surface area contributed by atoms with Gasteiger partial charge in [-0.2, -0.15) is 0 Å². The fourth-order valence-electron chi connectivity index (χ4n) is 1.63. The molecule has 1 aromatic rings. The average molecular weight is 300 g/mol. The highest BCUT2D eigenvalue weighted by Crippen LogP contribution is 2.17. The number of nitrogens with one attached hydrogen (secondary N) is 1. The Hall–Kier alpha value is -1.51. The summed E-state index contributed by atoms with van der Waals surface area (Å²) in [5.74, 6) is -0.624. The van der Waals surface area contributed by atoms with Crippen LogP contribution < -0.4 is 5.32 Å². The lowest BCUT2D eigenvalue weighted by Gasteiger charge is -2.21. The first-order chi connectivity index (χ1) is 9.69. The fourth-order valence-corrected chi connectivity index (χ4v) is 2.34. The number of amides is 1. The van der Waals surface area contributed by atoms with Gasteiger partial charge >= 0.3 is 5.97 Å². The van der Waals surface area contributed by atoms with Gasteiger partial charge in [-0.25, -0.2) is 4.98 Å². The van der Waals surface area contributed by atoms with E-state index in [4.69, 9.17) is 14.2 Å². The van der Waals surface area contributed by atoms with Crippen LogP contribution in [-0.2, 0) is 30.2 Å². The van der Waals surface area contributed by atoms with E-state index in [1.54, 1.807) is 12.3 Å². The van der Waals surface area contributed by atoms with Gasteiger partial charge in [0.1, 0.15) is 0 Å². The van der Waals surface area contributed by atoms with Crippen molar-refractivity contribution in [3.05, 3.63) is 11.1 Å². The molecule has 8 heteroatoms. The van der Waals surface area contributed by atoms with Crippen molar-refractivity contribution in [2.24, 2.45) is 0 Å². The van der Waals surface area contributed by atoms with Gasteiger partial charge in [0.05, 0.1) is 38.5 Å². The molecule has 1 saturated heterocycles. The largest absolute Gasteiger partial charge is 0.466 e. The third-order valence-electron chi connectivity index (χ3n) is 2.52. The fraction of sp³-hybridized carbons (Fsp3) is 0.583. The molecule has 1 amide bonds. The molecule has 0 saturated carbocycles. The van der Waals surface area contributed by atoms with Crippen molar-refractivity contribution in [1.82, 2.24) is 4.98 Å². The van der Waals surface area contributed by atoms with Gasteiger partial charge in [0.25, 0.3) is 5.91 Å². The van der Waals surface area contributed by atoms with Gasteiger partial charge < -0.3 is 14.2 Å². The Morgan fingerprint density at radius 2 is 2.40 bits per heavy atom. The number of aromatic nitrogens is 1. The monoisotopic (exact) mass is 300 g/mol. The van der Waals surface area contributed by atoms with Gasteiger partial charge in [0, 0.05) is 5.38 Å². The molecule has 1 unspecified atom stereocenters. The summed E-state index contributed by atoms with van der Waals surface area (Å²) in [6.45, 7) is 3.24. The lowest BCUT2D eigenvalue weighted by Crippen LogP contribution is -2.39. The highest BCUT2D eigenvalue weighted by molar-refractivity contribution is 7.13. The van der Waals surface area contributed by atoms with Crippen LogP contribution >= 0.6 is 11.3 Å². The smallest absolute Gasteiger partial charge is 0.311 e. The van der Waals surface area contributed by atoms with Gasteiger partial charge in [-0.1, -0.05) is 0 Å². The number of hydrogen-bond acceptors (Lipinski definition) is 7. The number of carbonyl (C=O) groups is 2. The van der Waals surface area contributed by atoms with E-state index in [-0.39, 0.29) is 24.9 Å². The zero-order valence-corrected chi connectivity index (χ0v) is 11.9. The number of rotatable bonds is 5. The minimum absolute atomic E-state index is 0.100. The van der Waals surface area contributed by atoms with Crippen molar-refractivity contribution in [2.75, 3.05) is 31.7 Å². The predicted octanol–water partition coefficient (Wildman–Crippen LogP) is 0.603. The van der Waals surface area contributed by atoms with Crippen LogP contribution in [-0.4, -0.2) is 49.4 Å². The van der Waals surface area contributed by atoms with Crippen molar-refractivity contribution in [3.63, 3.8) is 0 Å². The van der Waals surface area contributed by atoms with Gasteiger partial charge in [-0.15, -0.1) is 11.3 Å². The molecule has 1 aliphatic heterocycles. The third kappa shape index (κ3) is 4.26. The van der Waals surface area contributed by atoms with Crippen LogP contribution in [0.1, 0.15) is 12.6 Å². The lowest BCUT2D eigenvalue weighted by molar-refractivity contribution is -0.142. The summed E-state index contributed by atoms with van der Waals surface area (Å²) in [5, 5.41) is 4.80. The van der Waals surface area contributed by atoms with Crippen LogP contribution in [0.15, 0.2) is 5.38 Å². The molecule has 1 aromatic heterocycles. The van der Waals surface area contributed by atoms with Crippen LogP contribution in [0.5, 0.6) is 0 Å². The highest BCUT2D eigenvalue weighted by Gasteiger charge is 2.23. The second-order valence-electron chi connectivity index (χ2n) is 4.05. The quantitative estimate of drug-likeness (QED) is 0.801. The Morgan fingerprint density at radius 1 is 1.55 bits per heavy atom. The van der Waals surface area contributed by atoms with Crippen LogP contribution in [0.4, 0.5) is 5.13 Å². The van der Waals surface area contributed by atoms with E-state index in [0.717, 1.165) is 0 Å². The van der Waals surface area contributed by atoms with E-state index in [0.29, 0.717) is 30.6 Å². The highest BCUT2D eigenvalue weighted by atomic mass is 32.1. The standard InChI is InChI=1S/C12H16N2O5S/c1-2-18-10(15)5-8-7-20-12(13-8)14-11(16)9-6-17-3-4-19-9/h7,9H,2-6H2,1H3,(H,13,14,16). The summed E-state index contributed by atoms with van der Waals surface area (Å²) < 4.78 is 15.3. The van der Waals surface area contributed by atoms with E-state index >= 15 is 0 Å². The number of nitrogens with zero attached hydrogens (tertiary/aromatic N) is 1. The first-order valence-corrected chi connectivity index (χ1v) is 7.17. The maximum atomic E-state index is 11.9. The third-order valence-corrected chi connectivity index (χ3v) is 3.33. The summed E-state index contributed by atoms with van der Waals surface area (Å²) in [6.07, 6.45) is -0.510. The number of thiazole rings is 1. The van der Waals surface area contributed by atoms with Gasteiger partial charge in [-0.05, 0) is 6.92 Å². The molecule has 2 heterocycles. The summed E-state index contributed by atoms with van der Waals surface area (Å²) in [6, 6.07) is 0. The van der Waals surface area contributed by atoms with Crippen molar-refractivity contribution >= 4 is 28.3 Å². The van der Waals surface area contributed by atoms with Crippen molar-refractivity contribution in [3.8, 4) is 0 Å². The Labute approximate surface area is 120 Å². The molecule has 1 N–H and O–H groups in total. The molecular weight excluding hydrogens is 284 g/mol. The lowest BCUT2D eigenvalue weighted by atomic mass is 10.3. The van der Waals surface area contributed by atoms with Crippen molar-refractivity contribution < 1.29 is 23.8 Å². The predicted molar refractivity (Wildman–Crippen MR) is 71.6 cm³/mol. The van der Waals surface area contributed by atoms with E-state index in [1.807, 2.05) is 0 Å². The summed E-state index contributed by atoms with van der Waals surface area (Å²) in [4.78, 5) is 27.3. The number of carbonyl (C=O) groups excluding carboxylic acids is 2. The number of ether oxygens (including phenoxy) is 3. The van der Waals surface area contributed by atoms with Crippen LogP contribution in [0, 0.1) is 0 Å². The number of hydrogen-bond donors (Lipinski definition) is 1. The molecule has 0 bridgehead atoms. The van der Waals surface area contributed by atoms with E-state index in [9.17, 15) is 9.59 Å². The first-order valence-electron chi connectivity index (χ1n) is 6.29. The molecule has 1 fully saturated rings. The van der Waals surface area contributed by atoms with Crippen LogP contribution in [0.3, 0.4) is 0 Å². The Morgan fingerprint density at radius 3 is 3.10 bits per heavy atom. The Bertz CT molecular complexity index is 470. The van der Waals surface area contributed by atoms with Gasteiger partial charge in [0.15, 0.2) is 11.2 Å². The van der Waals surface area contributed by atoms with Crippen molar-refractivity contribution in [2.45, 2.75) is 19.4 Å². The zero-order chi connectivity index (χ0) is 14.4. The second kappa shape index (κ2) is 7.32. The molecule has 0 radical (unpaired) electrons. The SMILES string of the molecule is CCOC(=O)Cc1csc(NC(=O)C2COCCO2)n1. The second-order valence-corrected chi connectivity index (χ2v) is 4.91. The van der Waals surface area contributed by atoms with E-state index < -0.39 is 6.10 Å². The normalized spacial score (nSPS) is 18.6. The summed E-state index contributed by atoms with van der Waals surface area (Å²) in [5.41, 5.74) is 0.574.